The van der Waals surface area contributed by atoms with Crippen molar-refractivity contribution in [3.05, 3.63) is 53.0 Å². The number of aromatic nitrogens is 1. The van der Waals surface area contributed by atoms with E-state index in [-0.39, 0.29) is 24.8 Å². The van der Waals surface area contributed by atoms with Crippen LogP contribution in [0.4, 0.5) is 10.1 Å². The molecule has 8 heteroatoms. The number of thioether (sulfide) groups is 1. The molecule has 0 saturated carbocycles. The lowest BCUT2D eigenvalue weighted by Crippen LogP contribution is -2.37. The van der Waals surface area contributed by atoms with Gasteiger partial charge in [0.15, 0.2) is 0 Å². The summed E-state index contributed by atoms with van der Waals surface area (Å²) in [6.07, 6.45) is 0. The maximum atomic E-state index is 13.2. The summed E-state index contributed by atoms with van der Waals surface area (Å²) in [6, 6.07) is 9.19. The molecule has 1 aromatic carbocycles. The standard InChI is InChI=1S/C20H20FN3O3S/c1-4-27-19(26)11-24(16-7-5-15(21)6-8-16)18(25)12-28-20-17(10-22)13(2)9-14(3)23-20/h5-9H,4,11-12H2,1-3H3. The molecule has 0 aliphatic carbocycles. The Labute approximate surface area is 167 Å². The first-order chi connectivity index (χ1) is 13.3. The Bertz CT molecular complexity index is 910. The highest BCUT2D eigenvalue weighted by Gasteiger charge is 2.21. The summed E-state index contributed by atoms with van der Waals surface area (Å²) >= 11 is 1.12. The zero-order valence-corrected chi connectivity index (χ0v) is 16.7. The largest absolute Gasteiger partial charge is 0.465 e. The third kappa shape index (κ3) is 5.54. The van der Waals surface area contributed by atoms with E-state index < -0.39 is 11.8 Å². The molecule has 0 aliphatic heterocycles. The van der Waals surface area contributed by atoms with Crippen LogP contribution in [0.25, 0.3) is 0 Å². The molecule has 2 rings (SSSR count). The monoisotopic (exact) mass is 401 g/mol. The first-order valence-electron chi connectivity index (χ1n) is 8.58. The highest BCUT2D eigenvalue weighted by Crippen LogP contribution is 2.25. The van der Waals surface area contributed by atoms with Gasteiger partial charge < -0.3 is 9.64 Å². The number of amides is 1. The molecule has 0 saturated heterocycles. The van der Waals surface area contributed by atoms with Gasteiger partial charge in [0.25, 0.3) is 0 Å². The lowest BCUT2D eigenvalue weighted by atomic mass is 10.1. The van der Waals surface area contributed by atoms with Crippen molar-refractivity contribution in [2.45, 2.75) is 25.8 Å². The van der Waals surface area contributed by atoms with Crippen LogP contribution in [0.5, 0.6) is 0 Å². The number of nitrogens with zero attached hydrogens (tertiary/aromatic N) is 3. The normalized spacial score (nSPS) is 10.2. The summed E-state index contributed by atoms with van der Waals surface area (Å²) in [5, 5.41) is 9.81. The first kappa shape index (κ1) is 21.4. The van der Waals surface area contributed by atoms with Crippen molar-refractivity contribution in [2.24, 2.45) is 0 Å². The van der Waals surface area contributed by atoms with Gasteiger partial charge in [0.05, 0.1) is 17.9 Å². The first-order valence-corrected chi connectivity index (χ1v) is 9.57. The number of nitriles is 1. The molecule has 0 spiro atoms. The van der Waals surface area contributed by atoms with Crippen LogP contribution in [0.1, 0.15) is 23.7 Å². The van der Waals surface area contributed by atoms with Gasteiger partial charge in [-0.25, -0.2) is 9.37 Å². The summed E-state index contributed by atoms with van der Waals surface area (Å²) in [7, 11) is 0. The number of halogens is 1. The van der Waals surface area contributed by atoms with Gasteiger partial charge in [-0.3, -0.25) is 9.59 Å². The van der Waals surface area contributed by atoms with Crippen molar-refractivity contribution in [3.63, 3.8) is 0 Å². The Morgan fingerprint density at radius 2 is 1.96 bits per heavy atom. The third-order valence-corrected chi connectivity index (χ3v) is 4.75. The number of ether oxygens (including phenoxy) is 1. The van der Waals surface area contributed by atoms with Crippen LogP contribution in [0.2, 0.25) is 0 Å². The highest BCUT2D eigenvalue weighted by molar-refractivity contribution is 8.00. The van der Waals surface area contributed by atoms with E-state index in [9.17, 15) is 19.2 Å². The summed E-state index contributed by atoms with van der Waals surface area (Å²) < 4.78 is 18.2. The fraction of sp³-hybridized carbons (Fsp3) is 0.300. The smallest absolute Gasteiger partial charge is 0.326 e. The molecule has 1 heterocycles. The molecule has 146 valence electrons. The molecule has 28 heavy (non-hydrogen) atoms. The molecular weight excluding hydrogens is 381 g/mol. The number of anilines is 1. The van der Waals surface area contributed by atoms with E-state index in [4.69, 9.17) is 4.74 Å². The van der Waals surface area contributed by atoms with Crippen molar-refractivity contribution < 1.29 is 18.7 Å². The fourth-order valence-electron chi connectivity index (χ4n) is 2.53. The summed E-state index contributed by atoms with van der Waals surface area (Å²) in [6.45, 7) is 5.20. The predicted octanol–water partition coefficient (Wildman–Crippen LogP) is 3.40. The Hall–Kier alpha value is -2.92. The number of carbonyl (C=O) groups is 2. The van der Waals surface area contributed by atoms with Gasteiger partial charge in [-0.2, -0.15) is 5.26 Å². The predicted molar refractivity (Wildman–Crippen MR) is 105 cm³/mol. The lowest BCUT2D eigenvalue weighted by molar-refractivity contribution is -0.142. The van der Waals surface area contributed by atoms with Crippen LogP contribution in [-0.4, -0.2) is 35.8 Å². The van der Waals surface area contributed by atoms with Gasteiger partial charge in [0.2, 0.25) is 5.91 Å². The van der Waals surface area contributed by atoms with Crippen molar-refractivity contribution in [2.75, 3.05) is 23.8 Å². The van der Waals surface area contributed by atoms with E-state index in [1.165, 1.54) is 29.2 Å². The average molecular weight is 401 g/mol. The molecule has 0 N–H and O–H groups in total. The Morgan fingerprint density at radius 1 is 1.29 bits per heavy atom. The van der Waals surface area contributed by atoms with E-state index >= 15 is 0 Å². The van der Waals surface area contributed by atoms with Gasteiger partial charge >= 0.3 is 5.97 Å². The van der Waals surface area contributed by atoms with Crippen LogP contribution >= 0.6 is 11.8 Å². The van der Waals surface area contributed by atoms with Crippen molar-refractivity contribution in [1.82, 2.24) is 4.98 Å². The molecule has 0 radical (unpaired) electrons. The van der Waals surface area contributed by atoms with Crippen molar-refractivity contribution in [1.29, 1.82) is 5.26 Å². The number of pyridine rings is 1. The fourth-order valence-corrected chi connectivity index (χ4v) is 3.51. The zero-order valence-electron chi connectivity index (χ0n) is 15.9. The van der Waals surface area contributed by atoms with Crippen LogP contribution in [0.3, 0.4) is 0 Å². The maximum Gasteiger partial charge on any atom is 0.326 e. The minimum atomic E-state index is -0.563. The van der Waals surface area contributed by atoms with E-state index in [1.54, 1.807) is 13.0 Å². The molecule has 0 atom stereocenters. The average Bonchev–Trinajstić information content (AvgIpc) is 2.65. The number of benzene rings is 1. The number of rotatable bonds is 7. The Kier molecular flexibility index (Phi) is 7.52. The van der Waals surface area contributed by atoms with Gasteiger partial charge in [-0.15, -0.1) is 0 Å². The third-order valence-electron chi connectivity index (χ3n) is 3.79. The minimum absolute atomic E-state index is 0.0403. The molecular formula is C20H20FN3O3S. The van der Waals surface area contributed by atoms with E-state index in [0.29, 0.717) is 16.3 Å². The Morgan fingerprint density at radius 3 is 2.57 bits per heavy atom. The molecule has 0 aliphatic rings. The number of carbonyl (C=O) groups excluding carboxylic acids is 2. The van der Waals surface area contributed by atoms with Crippen molar-refractivity contribution >= 4 is 29.3 Å². The second kappa shape index (κ2) is 9.85. The lowest BCUT2D eigenvalue weighted by Gasteiger charge is -2.22. The topological polar surface area (TPSA) is 83.3 Å². The van der Waals surface area contributed by atoms with Crippen LogP contribution in [0.15, 0.2) is 35.4 Å². The highest BCUT2D eigenvalue weighted by atomic mass is 32.2. The summed E-state index contributed by atoms with van der Waals surface area (Å²) in [5.41, 5.74) is 2.33. The van der Waals surface area contributed by atoms with Crippen LogP contribution < -0.4 is 4.90 Å². The second-order valence-corrected chi connectivity index (χ2v) is 6.89. The molecule has 2 aromatic rings. The van der Waals surface area contributed by atoms with Gasteiger partial charge in [0.1, 0.15) is 23.5 Å². The minimum Gasteiger partial charge on any atom is -0.465 e. The van der Waals surface area contributed by atoms with E-state index in [2.05, 4.69) is 11.1 Å². The number of aryl methyl sites for hydroxylation is 2. The number of hydrogen-bond donors (Lipinski definition) is 0. The zero-order chi connectivity index (χ0) is 20.7. The number of hydrogen-bond acceptors (Lipinski definition) is 6. The molecule has 0 bridgehead atoms. The van der Waals surface area contributed by atoms with Gasteiger partial charge in [-0.1, -0.05) is 11.8 Å². The maximum absolute atomic E-state index is 13.2. The molecule has 0 fully saturated rings. The quantitative estimate of drug-likeness (QED) is 0.522. The van der Waals surface area contributed by atoms with Crippen LogP contribution in [0, 0.1) is 31.0 Å². The SMILES string of the molecule is CCOC(=O)CN(C(=O)CSc1nc(C)cc(C)c1C#N)c1ccc(F)cc1. The summed E-state index contributed by atoms with van der Waals surface area (Å²) in [4.78, 5) is 30.3. The second-order valence-electron chi connectivity index (χ2n) is 5.92. The molecule has 0 unspecified atom stereocenters. The molecule has 1 aromatic heterocycles. The van der Waals surface area contributed by atoms with Crippen LogP contribution in [-0.2, 0) is 14.3 Å². The van der Waals surface area contributed by atoms with Crippen molar-refractivity contribution in [3.8, 4) is 6.07 Å². The molecule has 1 amide bonds. The summed E-state index contributed by atoms with van der Waals surface area (Å²) in [5.74, 6) is -1.43. The Balaban J connectivity index is 2.22. The van der Waals surface area contributed by atoms with E-state index in [0.717, 1.165) is 23.0 Å². The van der Waals surface area contributed by atoms with E-state index in [1.807, 2.05) is 13.8 Å². The number of esters is 1. The molecule has 6 nitrogen and oxygen atoms in total. The van der Waals surface area contributed by atoms with Gasteiger partial charge in [0, 0.05) is 11.4 Å². The van der Waals surface area contributed by atoms with Gasteiger partial charge in [-0.05, 0) is 56.7 Å².